The maximum atomic E-state index is 2.45. The van der Waals surface area contributed by atoms with Gasteiger partial charge in [-0.2, -0.15) is 0 Å². The van der Waals surface area contributed by atoms with Crippen molar-refractivity contribution < 1.29 is 0 Å². The van der Waals surface area contributed by atoms with Crippen molar-refractivity contribution in [3.8, 4) is 33.4 Å². The Labute approximate surface area is 319 Å². The van der Waals surface area contributed by atoms with Crippen molar-refractivity contribution in [2.75, 3.05) is 0 Å². The molecule has 0 radical (unpaired) electrons. The topological polar surface area (TPSA) is 0 Å². The molecule has 0 aliphatic heterocycles. The molecule has 0 fully saturated rings. The standard InChI is InChI=1S/C52H30S2/c1-2-12-31(13-3-1)35-23-24-43(37-15-5-4-14-36(35)37)52-41-19-8-6-17-39(41)51(40-18-7-9-20-42(40)52)32-22-25-48-45(26-32)46-28-34-29-49-44(27-33(34)30-50(46)54-48)38-16-10-11-21-47(38)53-49/h1-30H. The molecule has 0 amide bonds. The van der Waals surface area contributed by atoms with Gasteiger partial charge in [0.25, 0.3) is 0 Å². The van der Waals surface area contributed by atoms with Crippen molar-refractivity contribution in [1.82, 2.24) is 0 Å². The summed E-state index contributed by atoms with van der Waals surface area (Å²) in [5.74, 6) is 0. The molecule has 0 spiro atoms. The van der Waals surface area contributed by atoms with E-state index in [4.69, 9.17) is 0 Å². The number of rotatable bonds is 3. The fourth-order valence-electron chi connectivity index (χ4n) is 9.01. The van der Waals surface area contributed by atoms with E-state index in [0.29, 0.717) is 0 Å². The van der Waals surface area contributed by atoms with E-state index < -0.39 is 0 Å². The second-order valence-corrected chi connectivity index (χ2v) is 16.5. The van der Waals surface area contributed by atoms with Gasteiger partial charge in [-0.1, -0.05) is 140 Å². The predicted molar refractivity (Wildman–Crippen MR) is 239 cm³/mol. The summed E-state index contributed by atoms with van der Waals surface area (Å²) in [6, 6.07) is 67.9. The molecule has 54 heavy (non-hydrogen) atoms. The summed E-state index contributed by atoms with van der Waals surface area (Å²) in [4.78, 5) is 0. The molecule has 0 nitrogen and oxygen atoms in total. The minimum atomic E-state index is 1.24. The third-order valence-electron chi connectivity index (χ3n) is 11.4. The SMILES string of the molecule is c1ccc(-c2ccc(-c3c4ccccc4c(-c4ccc5sc6cc7cc8c(cc7cc6c5c4)sc4ccccc48)c4ccccc34)c3ccccc23)cc1. The van der Waals surface area contributed by atoms with Crippen LogP contribution in [0.25, 0.3) is 117 Å². The number of benzene rings is 10. The third-order valence-corrected chi connectivity index (χ3v) is 13.7. The molecule has 0 atom stereocenters. The second kappa shape index (κ2) is 11.6. The van der Waals surface area contributed by atoms with Crippen LogP contribution in [0.2, 0.25) is 0 Å². The third kappa shape index (κ3) is 4.42. The molecule has 10 aromatic carbocycles. The molecular weight excluding hydrogens is 689 g/mol. The van der Waals surface area contributed by atoms with Crippen LogP contribution < -0.4 is 0 Å². The highest BCUT2D eigenvalue weighted by molar-refractivity contribution is 7.26. The average Bonchev–Trinajstić information content (AvgIpc) is 3.77. The highest BCUT2D eigenvalue weighted by Gasteiger charge is 2.20. The number of fused-ring (bicyclic) bond motifs is 10. The van der Waals surface area contributed by atoms with Crippen LogP contribution in [-0.2, 0) is 0 Å². The van der Waals surface area contributed by atoms with E-state index in [9.17, 15) is 0 Å². The summed E-state index contributed by atoms with van der Waals surface area (Å²) in [6.07, 6.45) is 0. The zero-order valence-electron chi connectivity index (χ0n) is 29.1. The average molecular weight is 719 g/mol. The Morgan fingerprint density at radius 2 is 0.704 bits per heavy atom. The van der Waals surface area contributed by atoms with Crippen LogP contribution in [0.3, 0.4) is 0 Å². The highest BCUT2D eigenvalue weighted by atomic mass is 32.1. The molecule has 2 heterocycles. The van der Waals surface area contributed by atoms with E-state index in [1.165, 1.54) is 117 Å². The summed E-state index contributed by atoms with van der Waals surface area (Å²) >= 11 is 3.79. The molecule has 12 rings (SSSR count). The van der Waals surface area contributed by atoms with Crippen LogP contribution in [0.1, 0.15) is 0 Å². The molecule has 0 saturated carbocycles. The van der Waals surface area contributed by atoms with Crippen LogP contribution in [0.5, 0.6) is 0 Å². The van der Waals surface area contributed by atoms with Gasteiger partial charge in [-0.25, -0.2) is 0 Å². The first-order valence-corrected chi connectivity index (χ1v) is 20.1. The van der Waals surface area contributed by atoms with Gasteiger partial charge < -0.3 is 0 Å². The van der Waals surface area contributed by atoms with Gasteiger partial charge in [0.2, 0.25) is 0 Å². The Bertz CT molecular complexity index is 3430. The predicted octanol–water partition coefficient (Wildman–Crippen LogP) is 16.0. The maximum absolute atomic E-state index is 2.45. The van der Waals surface area contributed by atoms with Gasteiger partial charge in [0, 0.05) is 40.3 Å². The van der Waals surface area contributed by atoms with Crippen LogP contribution in [0.4, 0.5) is 0 Å². The lowest BCUT2D eigenvalue weighted by Gasteiger charge is -2.19. The van der Waals surface area contributed by atoms with Crippen LogP contribution in [-0.4, -0.2) is 0 Å². The monoisotopic (exact) mass is 718 g/mol. The maximum Gasteiger partial charge on any atom is 0.0361 e. The molecule has 250 valence electrons. The number of hydrogen-bond donors (Lipinski definition) is 0. The number of thiophene rings is 2. The Hall–Kier alpha value is -6.32. The summed E-state index contributed by atoms with van der Waals surface area (Å²) < 4.78 is 5.36. The molecule has 0 N–H and O–H groups in total. The van der Waals surface area contributed by atoms with E-state index in [-0.39, 0.29) is 0 Å². The molecule has 12 aromatic rings. The molecule has 0 saturated heterocycles. The Balaban J connectivity index is 1.10. The zero-order valence-corrected chi connectivity index (χ0v) is 30.8. The first-order chi connectivity index (χ1) is 26.8. The Kier molecular flexibility index (Phi) is 6.48. The molecule has 0 aliphatic carbocycles. The molecule has 2 aromatic heterocycles. The summed E-state index contributed by atoms with van der Waals surface area (Å²) in [6.45, 7) is 0. The Morgan fingerprint density at radius 1 is 0.241 bits per heavy atom. The van der Waals surface area contributed by atoms with E-state index >= 15 is 0 Å². The molecule has 0 aliphatic rings. The molecule has 0 unspecified atom stereocenters. The van der Waals surface area contributed by atoms with Crippen LogP contribution in [0, 0.1) is 0 Å². The highest BCUT2D eigenvalue weighted by Crippen LogP contribution is 2.48. The summed E-state index contributed by atoms with van der Waals surface area (Å²) in [5, 5.41) is 15.6. The summed E-state index contributed by atoms with van der Waals surface area (Å²) in [7, 11) is 0. The normalized spacial score (nSPS) is 12.1. The van der Waals surface area contributed by atoms with E-state index in [0.717, 1.165) is 0 Å². The van der Waals surface area contributed by atoms with Gasteiger partial charge >= 0.3 is 0 Å². The molecule has 0 bridgehead atoms. The van der Waals surface area contributed by atoms with E-state index in [1.54, 1.807) is 0 Å². The lowest BCUT2D eigenvalue weighted by Crippen LogP contribution is -1.92. The van der Waals surface area contributed by atoms with Gasteiger partial charge in [0.1, 0.15) is 0 Å². The Morgan fingerprint density at radius 3 is 1.35 bits per heavy atom. The number of hydrogen-bond acceptors (Lipinski definition) is 2. The largest absolute Gasteiger partial charge is 0.135 e. The zero-order chi connectivity index (χ0) is 35.3. The van der Waals surface area contributed by atoms with Crippen molar-refractivity contribution in [2.24, 2.45) is 0 Å². The van der Waals surface area contributed by atoms with Gasteiger partial charge in [0.05, 0.1) is 0 Å². The molecular formula is C52H30S2. The fraction of sp³-hybridized carbons (Fsp3) is 0. The van der Waals surface area contributed by atoms with Crippen molar-refractivity contribution in [1.29, 1.82) is 0 Å². The van der Waals surface area contributed by atoms with Crippen molar-refractivity contribution in [3.63, 3.8) is 0 Å². The lowest BCUT2D eigenvalue weighted by molar-refractivity contribution is 1.64. The van der Waals surface area contributed by atoms with Gasteiger partial charge in [-0.05, 0) is 119 Å². The van der Waals surface area contributed by atoms with E-state index in [1.807, 2.05) is 22.7 Å². The minimum absolute atomic E-state index is 1.24. The van der Waals surface area contributed by atoms with Crippen LogP contribution in [0.15, 0.2) is 182 Å². The smallest absolute Gasteiger partial charge is 0.0361 e. The van der Waals surface area contributed by atoms with Crippen LogP contribution >= 0.6 is 22.7 Å². The fourth-order valence-corrected chi connectivity index (χ4v) is 11.3. The van der Waals surface area contributed by atoms with Gasteiger partial charge in [0.15, 0.2) is 0 Å². The van der Waals surface area contributed by atoms with E-state index in [2.05, 4.69) is 182 Å². The first-order valence-electron chi connectivity index (χ1n) is 18.5. The first kappa shape index (κ1) is 30.2. The minimum Gasteiger partial charge on any atom is -0.135 e. The van der Waals surface area contributed by atoms with Crippen molar-refractivity contribution >= 4 is 106 Å². The van der Waals surface area contributed by atoms with Crippen molar-refractivity contribution in [3.05, 3.63) is 182 Å². The van der Waals surface area contributed by atoms with Gasteiger partial charge in [-0.15, -0.1) is 22.7 Å². The summed E-state index contributed by atoms with van der Waals surface area (Å²) in [5.41, 5.74) is 7.61. The molecule has 2 heteroatoms. The lowest BCUT2D eigenvalue weighted by atomic mass is 9.83. The second-order valence-electron chi connectivity index (χ2n) is 14.4. The van der Waals surface area contributed by atoms with Crippen molar-refractivity contribution in [2.45, 2.75) is 0 Å². The quantitative estimate of drug-likeness (QED) is 0.160. The van der Waals surface area contributed by atoms with Gasteiger partial charge in [-0.3, -0.25) is 0 Å².